The lowest BCUT2D eigenvalue weighted by atomic mass is 9.98. The van der Waals surface area contributed by atoms with Crippen molar-refractivity contribution in [2.24, 2.45) is 0 Å². The van der Waals surface area contributed by atoms with E-state index in [1.54, 1.807) is 6.07 Å². The highest BCUT2D eigenvalue weighted by Gasteiger charge is 2.25. The maximum absolute atomic E-state index is 11.5. The summed E-state index contributed by atoms with van der Waals surface area (Å²) >= 11 is 0. The monoisotopic (exact) mass is 377 g/mol. The summed E-state index contributed by atoms with van der Waals surface area (Å²) in [5, 5.41) is 13.7. The van der Waals surface area contributed by atoms with Crippen LogP contribution in [-0.4, -0.2) is 11.7 Å². The summed E-state index contributed by atoms with van der Waals surface area (Å²) in [7, 11) is 0. The molecule has 0 radical (unpaired) electrons. The van der Waals surface area contributed by atoms with Crippen LogP contribution in [0, 0.1) is 10.1 Å². The van der Waals surface area contributed by atoms with Gasteiger partial charge in [-0.15, -0.1) is 0 Å². The fraction of sp³-hybridized carbons (Fsp3) is 0.182. The molecule has 1 aliphatic heterocycles. The fourth-order valence-electron chi connectivity index (χ4n) is 3.48. The predicted molar refractivity (Wildman–Crippen MR) is 104 cm³/mol. The third-order valence-electron chi connectivity index (χ3n) is 4.92. The number of quaternary nitrogens is 1. The zero-order valence-corrected chi connectivity index (χ0v) is 15.3. The molecule has 0 saturated heterocycles. The second kappa shape index (κ2) is 8.10. The van der Waals surface area contributed by atoms with E-state index in [4.69, 9.17) is 9.47 Å². The number of nitrogens with zero attached hydrogens (tertiary/aromatic N) is 1. The van der Waals surface area contributed by atoms with Crippen molar-refractivity contribution in [3.8, 4) is 11.5 Å². The van der Waals surface area contributed by atoms with Crippen molar-refractivity contribution in [3.63, 3.8) is 0 Å². The smallest absolute Gasteiger partial charge is 0.282 e. The van der Waals surface area contributed by atoms with Crippen LogP contribution in [0.3, 0.4) is 0 Å². The number of nitrogens with two attached hydrogens (primary N) is 1. The molecule has 0 aromatic heterocycles. The zero-order chi connectivity index (χ0) is 19.3. The van der Waals surface area contributed by atoms with E-state index >= 15 is 0 Å². The largest absolute Gasteiger partial charge is 0.454 e. The summed E-state index contributed by atoms with van der Waals surface area (Å²) < 4.78 is 10.7. The summed E-state index contributed by atoms with van der Waals surface area (Å²) in [4.78, 5) is 11.2. The Kier molecular flexibility index (Phi) is 5.21. The van der Waals surface area contributed by atoms with Gasteiger partial charge in [0.05, 0.1) is 16.6 Å². The van der Waals surface area contributed by atoms with Crippen molar-refractivity contribution >= 4 is 5.69 Å². The Bertz CT molecular complexity index is 961. The van der Waals surface area contributed by atoms with E-state index in [0.717, 1.165) is 6.42 Å². The Morgan fingerprint density at radius 3 is 2.29 bits per heavy atom. The minimum atomic E-state index is -0.361. The van der Waals surface area contributed by atoms with Gasteiger partial charge in [-0.3, -0.25) is 10.1 Å². The van der Waals surface area contributed by atoms with Gasteiger partial charge in [-0.1, -0.05) is 60.7 Å². The van der Waals surface area contributed by atoms with Crippen LogP contribution in [0.5, 0.6) is 11.5 Å². The second-order valence-electron chi connectivity index (χ2n) is 6.74. The molecule has 1 atom stereocenters. The van der Waals surface area contributed by atoms with Crippen LogP contribution in [0.2, 0.25) is 0 Å². The van der Waals surface area contributed by atoms with Gasteiger partial charge in [0.15, 0.2) is 11.5 Å². The van der Waals surface area contributed by atoms with Gasteiger partial charge in [-0.05, 0) is 11.6 Å². The van der Waals surface area contributed by atoms with Crippen LogP contribution in [0.1, 0.15) is 22.7 Å². The summed E-state index contributed by atoms with van der Waals surface area (Å²) in [6.07, 6.45) is 0.837. The lowest BCUT2D eigenvalue weighted by molar-refractivity contribution is -0.711. The van der Waals surface area contributed by atoms with E-state index in [2.05, 4.69) is 29.6 Å². The van der Waals surface area contributed by atoms with Gasteiger partial charge in [0.25, 0.3) is 5.69 Å². The lowest BCUT2D eigenvalue weighted by Gasteiger charge is -2.17. The number of rotatable bonds is 7. The van der Waals surface area contributed by atoms with Gasteiger partial charge in [-0.2, -0.15) is 0 Å². The molecule has 0 aliphatic carbocycles. The number of fused-ring (bicyclic) bond motifs is 1. The van der Waals surface area contributed by atoms with Crippen molar-refractivity contribution < 1.29 is 19.7 Å². The van der Waals surface area contributed by atoms with Crippen LogP contribution in [0.4, 0.5) is 5.69 Å². The SMILES string of the molecule is O=[N+]([O-])c1cc2c(cc1C[NH2+][C@@H](Cc1ccccc1)c1ccccc1)OCO2. The molecule has 2 N–H and O–H groups in total. The molecule has 0 unspecified atom stereocenters. The Hall–Kier alpha value is -3.38. The quantitative estimate of drug-likeness (QED) is 0.506. The molecule has 0 fully saturated rings. The summed E-state index contributed by atoms with van der Waals surface area (Å²) in [5.41, 5.74) is 3.11. The van der Waals surface area contributed by atoms with E-state index in [1.807, 2.05) is 36.4 Å². The molecule has 4 rings (SSSR count). The average Bonchev–Trinajstić information content (AvgIpc) is 3.19. The third-order valence-corrected chi connectivity index (χ3v) is 4.92. The van der Waals surface area contributed by atoms with Crippen LogP contribution in [0.15, 0.2) is 72.8 Å². The Morgan fingerprint density at radius 1 is 0.964 bits per heavy atom. The molecule has 28 heavy (non-hydrogen) atoms. The molecule has 6 nitrogen and oxygen atoms in total. The lowest BCUT2D eigenvalue weighted by Crippen LogP contribution is -2.84. The molecule has 3 aromatic rings. The number of nitro groups is 1. The highest BCUT2D eigenvalue weighted by Crippen LogP contribution is 2.37. The summed E-state index contributed by atoms with van der Waals surface area (Å²) in [6.45, 7) is 0.569. The van der Waals surface area contributed by atoms with Gasteiger partial charge < -0.3 is 14.8 Å². The van der Waals surface area contributed by atoms with Gasteiger partial charge in [-0.25, -0.2) is 0 Å². The van der Waals surface area contributed by atoms with Gasteiger partial charge in [0.1, 0.15) is 12.6 Å². The number of benzene rings is 3. The molecule has 1 heterocycles. The van der Waals surface area contributed by atoms with Crippen molar-refractivity contribution in [2.75, 3.05) is 6.79 Å². The standard InChI is InChI=1S/C22H20N2O4/c25-24(26)20-13-22-21(27-15-28-22)12-18(20)14-23-19(17-9-5-2-6-10-17)11-16-7-3-1-4-8-16/h1-10,12-13,19,23H,11,14-15H2/p+1/t19-/m0/s1. The first-order chi connectivity index (χ1) is 13.7. The molecular formula is C22H21N2O4+. The number of nitro benzene ring substituents is 1. The maximum atomic E-state index is 11.5. The highest BCUT2D eigenvalue weighted by molar-refractivity contribution is 5.54. The first kappa shape index (κ1) is 18.0. The third kappa shape index (κ3) is 3.97. The van der Waals surface area contributed by atoms with Crippen molar-refractivity contribution in [2.45, 2.75) is 19.0 Å². The Labute approximate surface area is 162 Å². The second-order valence-corrected chi connectivity index (χ2v) is 6.74. The molecule has 0 amide bonds. The molecule has 3 aromatic carbocycles. The van der Waals surface area contributed by atoms with E-state index < -0.39 is 0 Å². The Balaban J connectivity index is 1.59. The van der Waals surface area contributed by atoms with Crippen molar-refractivity contribution in [3.05, 3.63) is 99.6 Å². The van der Waals surface area contributed by atoms with Gasteiger partial charge in [0, 0.05) is 12.0 Å². The van der Waals surface area contributed by atoms with E-state index in [9.17, 15) is 10.1 Å². The first-order valence-corrected chi connectivity index (χ1v) is 9.20. The molecule has 142 valence electrons. The molecule has 0 bridgehead atoms. The van der Waals surface area contributed by atoms with E-state index in [1.165, 1.54) is 17.2 Å². The minimum absolute atomic E-state index is 0.0621. The molecule has 0 spiro atoms. The molecule has 6 heteroatoms. The summed E-state index contributed by atoms with van der Waals surface area (Å²) in [6, 6.07) is 23.8. The highest BCUT2D eigenvalue weighted by atomic mass is 16.7. The van der Waals surface area contributed by atoms with Crippen molar-refractivity contribution in [1.82, 2.24) is 0 Å². The topological polar surface area (TPSA) is 78.2 Å². The number of ether oxygens (including phenoxy) is 2. The molecule has 0 saturated carbocycles. The fourth-order valence-corrected chi connectivity index (χ4v) is 3.48. The van der Waals surface area contributed by atoms with E-state index in [-0.39, 0.29) is 23.4 Å². The first-order valence-electron chi connectivity index (χ1n) is 9.20. The van der Waals surface area contributed by atoms with Crippen LogP contribution in [0.25, 0.3) is 0 Å². The zero-order valence-electron chi connectivity index (χ0n) is 15.3. The van der Waals surface area contributed by atoms with Gasteiger partial charge >= 0.3 is 0 Å². The van der Waals surface area contributed by atoms with Crippen LogP contribution in [-0.2, 0) is 13.0 Å². The number of hydrogen-bond donors (Lipinski definition) is 1. The number of hydrogen-bond acceptors (Lipinski definition) is 4. The predicted octanol–water partition coefficient (Wildman–Crippen LogP) is 3.37. The normalized spacial score (nSPS) is 13.3. The van der Waals surface area contributed by atoms with Crippen LogP contribution >= 0.6 is 0 Å². The maximum Gasteiger partial charge on any atom is 0.282 e. The molecule has 1 aliphatic rings. The van der Waals surface area contributed by atoms with E-state index in [0.29, 0.717) is 23.6 Å². The average molecular weight is 377 g/mol. The van der Waals surface area contributed by atoms with Gasteiger partial charge in [0.2, 0.25) is 6.79 Å². The van der Waals surface area contributed by atoms with Crippen LogP contribution < -0.4 is 14.8 Å². The summed E-state index contributed by atoms with van der Waals surface area (Å²) in [5.74, 6) is 0.993. The molecular weight excluding hydrogens is 356 g/mol. The minimum Gasteiger partial charge on any atom is -0.454 e. The Morgan fingerprint density at radius 2 is 1.61 bits per heavy atom. The van der Waals surface area contributed by atoms with Crippen molar-refractivity contribution in [1.29, 1.82) is 0 Å².